The fraction of sp³-hybridized carbons (Fsp3) is 0.562. The lowest BCUT2D eigenvalue weighted by Crippen LogP contribution is -3.19. The van der Waals surface area contributed by atoms with Gasteiger partial charge in [-0.05, 0) is 19.1 Å². The van der Waals surface area contributed by atoms with Crippen LogP contribution in [0.1, 0.15) is 6.92 Å². The number of hydrogen-bond acceptors (Lipinski definition) is 5. The summed E-state index contributed by atoms with van der Waals surface area (Å²) in [5.74, 6) is 1.00. The molecule has 0 aromatic heterocycles. The maximum atomic E-state index is 12.9. The Hall–Kier alpha value is -1.84. The van der Waals surface area contributed by atoms with Gasteiger partial charge < -0.3 is 19.7 Å². The molecule has 1 aromatic rings. The first-order valence-electron chi connectivity index (χ1n) is 8.39. The average molecular weight is 370 g/mol. The number of nitrogens with one attached hydrogen (secondary N) is 2. The fourth-order valence-corrected chi connectivity index (χ4v) is 4.64. The van der Waals surface area contributed by atoms with Crippen LogP contribution < -0.4 is 19.7 Å². The molecule has 3 rings (SSSR count). The van der Waals surface area contributed by atoms with Crippen LogP contribution in [0.2, 0.25) is 0 Å². The van der Waals surface area contributed by atoms with Crippen LogP contribution in [0.4, 0.5) is 0 Å². The van der Waals surface area contributed by atoms with Crippen molar-refractivity contribution in [2.75, 3.05) is 46.4 Å². The molecule has 0 spiro atoms. The summed E-state index contributed by atoms with van der Waals surface area (Å²) in [6, 6.07) is 4.52. The van der Waals surface area contributed by atoms with E-state index in [0.29, 0.717) is 50.9 Å². The van der Waals surface area contributed by atoms with Crippen molar-refractivity contribution < 1.29 is 27.6 Å². The molecule has 1 fully saturated rings. The molecule has 1 amide bonds. The first-order chi connectivity index (χ1) is 11.9. The lowest BCUT2D eigenvalue weighted by Gasteiger charge is -2.34. The highest BCUT2D eigenvalue weighted by Crippen LogP contribution is 2.33. The summed E-state index contributed by atoms with van der Waals surface area (Å²) in [4.78, 5) is 13.1. The number of amides is 1. The predicted octanol–water partition coefficient (Wildman–Crippen LogP) is -1.52. The van der Waals surface area contributed by atoms with Gasteiger partial charge in [-0.1, -0.05) is 0 Å². The summed E-state index contributed by atoms with van der Waals surface area (Å²) in [6.45, 7) is 4.69. The Morgan fingerprint density at radius 2 is 1.84 bits per heavy atom. The van der Waals surface area contributed by atoms with Crippen LogP contribution in [0.15, 0.2) is 23.1 Å². The number of piperazine rings is 1. The topological polar surface area (TPSA) is 89.4 Å². The SMILES string of the molecule is CNC(=O)[C@H](C)[NH+]1CCN(S(=O)(=O)c2ccc3c(c2)OCCO3)CC1. The van der Waals surface area contributed by atoms with E-state index in [1.54, 1.807) is 19.2 Å². The lowest BCUT2D eigenvalue weighted by molar-refractivity contribution is -0.917. The molecule has 1 atom stereocenters. The molecule has 2 aliphatic heterocycles. The summed E-state index contributed by atoms with van der Waals surface area (Å²) in [5.41, 5.74) is 0. The van der Waals surface area contributed by atoms with Gasteiger partial charge in [0.2, 0.25) is 10.0 Å². The Balaban J connectivity index is 1.71. The van der Waals surface area contributed by atoms with Crippen molar-refractivity contribution in [2.45, 2.75) is 17.9 Å². The zero-order valence-electron chi connectivity index (χ0n) is 14.4. The molecule has 8 nitrogen and oxygen atoms in total. The van der Waals surface area contributed by atoms with Gasteiger partial charge in [0.25, 0.3) is 5.91 Å². The highest BCUT2D eigenvalue weighted by Gasteiger charge is 2.34. The van der Waals surface area contributed by atoms with Gasteiger partial charge in [-0.25, -0.2) is 8.42 Å². The van der Waals surface area contributed by atoms with Gasteiger partial charge in [-0.15, -0.1) is 0 Å². The van der Waals surface area contributed by atoms with Gasteiger partial charge in [-0.3, -0.25) is 4.79 Å². The van der Waals surface area contributed by atoms with E-state index >= 15 is 0 Å². The monoisotopic (exact) mass is 370 g/mol. The molecular weight excluding hydrogens is 346 g/mol. The van der Waals surface area contributed by atoms with E-state index < -0.39 is 10.0 Å². The van der Waals surface area contributed by atoms with Gasteiger partial charge >= 0.3 is 0 Å². The Labute approximate surface area is 147 Å². The third-order valence-corrected chi connectivity index (χ3v) is 6.66. The third kappa shape index (κ3) is 3.58. The molecule has 138 valence electrons. The first-order valence-corrected chi connectivity index (χ1v) is 9.83. The number of ether oxygens (including phenoxy) is 2. The summed E-state index contributed by atoms with van der Waals surface area (Å²) in [7, 11) is -1.97. The minimum atomic E-state index is -3.59. The van der Waals surface area contributed by atoms with Crippen molar-refractivity contribution in [2.24, 2.45) is 0 Å². The smallest absolute Gasteiger partial charge is 0.277 e. The van der Waals surface area contributed by atoms with Crippen molar-refractivity contribution >= 4 is 15.9 Å². The summed E-state index contributed by atoms with van der Waals surface area (Å²) >= 11 is 0. The number of hydrogen-bond donors (Lipinski definition) is 2. The molecule has 0 aliphatic carbocycles. The van der Waals surface area contributed by atoms with E-state index in [9.17, 15) is 13.2 Å². The average Bonchev–Trinajstić information content (AvgIpc) is 2.66. The number of likely N-dealkylation sites (N-methyl/N-ethyl adjacent to an activating group) is 1. The molecule has 0 radical (unpaired) electrons. The zero-order valence-corrected chi connectivity index (χ0v) is 15.3. The summed E-state index contributed by atoms with van der Waals surface area (Å²) in [5, 5.41) is 2.64. The van der Waals surface area contributed by atoms with Crippen LogP contribution in [-0.4, -0.2) is 71.1 Å². The molecule has 2 N–H and O–H groups in total. The Morgan fingerprint density at radius 3 is 2.48 bits per heavy atom. The number of carbonyl (C=O) groups is 1. The van der Waals surface area contributed by atoms with Crippen LogP contribution in [0.3, 0.4) is 0 Å². The molecule has 25 heavy (non-hydrogen) atoms. The molecular formula is C16H24N3O5S+. The van der Waals surface area contributed by atoms with Gasteiger partial charge in [0.1, 0.15) is 13.2 Å². The Morgan fingerprint density at radius 1 is 1.20 bits per heavy atom. The molecule has 9 heteroatoms. The summed E-state index contributed by atoms with van der Waals surface area (Å²) in [6.07, 6.45) is 0. The van der Waals surface area contributed by atoms with Gasteiger partial charge in [0, 0.05) is 13.1 Å². The van der Waals surface area contributed by atoms with E-state index in [1.807, 2.05) is 6.92 Å². The second-order valence-corrected chi connectivity index (χ2v) is 8.14. The molecule has 1 saturated heterocycles. The standard InChI is InChI=1S/C16H23N3O5S/c1-12(16(20)17-2)18-5-7-19(8-6-18)25(21,22)13-3-4-14-15(11-13)24-10-9-23-14/h3-4,11-12H,5-10H2,1-2H3,(H,17,20)/p+1/t12-/m0/s1. The molecule has 0 unspecified atom stereocenters. The van der Waals surface area contributed by atoms with Crippen molar-refractivity contribution in [3.63, 3.8) is 0 Å². The second kappa shape index (κ2) is 7.19. The van der Waals surface area contributed by atoms with Crippen molar-refractivity contribution in [1.82, 2.24) is 9.62 Å². The van der Waals surface area contributed by atoms with Crippen LogP contribution in [0.25, 0.3) is 0 Å². The van der Waals surface area contributed by atoms with Gasteiger partial charge in [0.15, 0.2) is 17.5 Å². The number of fused-ring (bicyclic) bond motifs is 1. The molecule has 2 heterocycles. The summed E-state index contributed by atoms with van der Waals surface area (Å²) < 4.78 is 38.1. The first kappa shape index (κ1) is 18.0. The van der Waals surface area contributed by atoms with E-state index in [1.165, 1.54) is 10.4 Å². The largest absolute Gasteiger partial charge is 0.486 e. The van der Waals surface area contributed by atoms with Crippen LogP contribution in [0, 0.1) is 0 Å². The zero-order chi connectivity index (χ0) is 18.0. The van der Waals surface area contributed by atoms with Gasteiger partial charge in [-0.2, -0.15) is 4.31 Å². The quantitative estimate of drug-likeness (QED) is 0.672. The van der Waals surface area contributed by atoms with Crippen molar-refractivity contribution in [1.29, 1.82) is 0 Å². The maximum absolute atomic E-state index is 12.9. The van der Waals surface area contributed by atoms with Crippen LogP contribution in [-0.2, 0) is 14.8 Å². The van der Waals surface area contributed by atoms with Crippen molar-refractivity contribution in [3.8, 4) is 11.5 Å². The lowest BCUT2D eigenvalue weighted by atomic mass is 10.2. The number of nitrogens with zero attached hydrogens (tertiary/aromatic N) is 1. The fourth-order valence-electron chi connectivity index (χ4n) is 3.18. The number of benzene rings is 1. The minimum absolute atomic E-state index is 0.0295. The number of quaternary nitrogens is 1. The molecule has 0 saturated carbocycles. The predicted molar refractivity (Wildman–Crippen MR) is 90.4 cm³/mol. The van der Waals surface area contributed by atoms with Gasteiger partial charge in [0.05, 0.1) is 31.1 Å². The highest BCUT2D eigenvalue weighted by atomic mass is 32.2. The van der Waals surface area contributed by atoms with Crippen molar-refractivity contribution in [3.05, 3.63) is 18.2 Å². The van der Waals surface area contributed by atoms with Crippen LogP contribution in [0.5, 0.6) is 11.5 Å². The molecule has 0 bridgehead atoms. The maximum Gasteiger partial charge on any atom is 0.277 e. The Kier molecular flexibility index (Phi) is 5.16. The molecule has 1 aromatic carbocycles. The number of rotatable bonds is 4. The Bertz CT molecular complexity index is 744. The normalized spacial score (nSPS) is 20.1. The molecule has 2 aliphatic rings. The highest BCUT2D eigenvalue weighted by molar-refractivity contribution is 7.89. The van der Waals surface area contributed by atoms with E-state index in [4.69, 9.17) is 9.47 Å². The van der Waals surface area contributed by atoms with Crippen LogP contribution >= 0.6 is 0 Å². The minimum Gasteiger partial charge on any atom is -0.486 e. The van der Waals surface area contributed by atoms with E-state index in [-0.39, 0.29) is 16.8 Å². The van der Waals surface area contributed by atoms with E-state index in [0.717, 1.165) is 4.90 Å². The number of sulfonamides is 1. The van der Waals surface area contributed by atoms with E-state index in [2.05, 4.69) is 5.32 Å². The number of carbonyl (C=O) groups excluding carboxylic acids is 1. The second-order valence-electron chi connectivity index (χ2n) is 6.20. The third-order valence-electron chi connectivity index (χ3n) is 4.77.